The molecule has 5 heteroatoms. The van der Waals surface area contributed by atoms with E-state index in [0.29, 0.717) is 11.3 Å². The number of rotatable bonds is 5. The van der Waals surface area contributed by atoms with Crippen molar-refractivity contribution < 1.29 is 9.53 Å². The first kappa shape index (κ1) is 14.7. The summed E-state index contributed by atoms with van der Waals surface area (Å²) in [4.78, 5) is 27.1. The number of ether oxygens (including phenoxy) is 1. The number of nitrogens with zero attached hydrogens (tertiary/aromatic N) is 2. The van der Waals surface area contributed by atoms with Crippen LogP contribution >= 0.6 is 0 Å². The van der Waals surface area contributed by atoms with Crippen molar-refractivity contribution in [3.05, 3.63) is 88.5 Å². The predicted molar refractivity (Wildman–Crippen MR) is 86.0 cm³/mol. The summed E-state index contributed by atoms with van der Waals surface area (Å²) in [6.45, 7) is 0.275. The molecule has 114 valence electrons. The minimum absolute atomic E-state index is 0.0378. The van der Waals surface area contributed by atoms with Crippen molar-refractivity contribution in [2.75, 3.05) is 0 Å². The van der Waals surface area contributed by atoms with Gasteiger partial charge in [-0.2, -0.15) is 0 Å². The molecule has 23 heavy (non-hydrogen) atoms. The summed E-state index contributed by atoms with van der Waals surface area (Å²) >= 11 is 0. The molecule has 0 atom stereocenters. The average Bonchev–Trinajstić information content (AvgIpc) is 2.62. The third-order valence-corrected chi connectivity index (χ3v) is 3.34. The van der Waals surface area contributed by atoms with E-state index in [1.165, 1.54) is 10.8 Å². The second-order valence-electron chi connectivity index (χ2n) is 4.89. The molecule has 3 rings (SSSR count). The molecule has 0 fully saturated rings. The maximum atomic E-state index is 12.5. The van der Waals surface area contributed by atoms with Crippen LogP contribution in [0.25, 0.3) is 5.69 Å². The van der Waals surface area contributed by atoms with E-state index in [1.807, 2.05) is 30.3 Å². The normalized spacial score (nSPS) is 10.3. The number of carbonyl (C=O) groups excluding carboxylic acids is 1. The molecular formula is C18H14N2O3. The number of hydrogen-bond donors (Lipinski definition) is 0. The van der Waals surface area contributed by atoms with Crippen molar-refractivity contribution in [2.45, 2.75) is 6.61 Å². The zero-order valence-corrected chi connectivity index (χ0v) is 12.3. The number of aldehydes is 1. The van der Waals surface area contributed by atoms with Crippen LogP contribution in [0.5, 0.6) is 5.88 Å². The first-order valence-electron chi connectivity index (χ1n) is 7.08. The molecule has 0 amide bonds. The van der Waals surface area contributed by atoms with Crippen LogP contribution in [0.3, 0.4) is 0 Å². The van der Waals surface area contributed by atoms with Gasteiger partial charge in [0.15, 0.2) is 0 Å². The van der Waals surface area contributed by atoms with Crippen LogP contribution in [0.1, 0.15) is 15.9 Å². The summed E-state index contributed by atoms with van der Waals surface area (Å²) in [7, 11) is 0. The maximum absolute atomic E-state index is 12.5. The first-order chi connectivity index (χ1) is 11.3. The van der Waals surface area contributed by atoms with E-state index in [-0.39, 0.29) is 18.0 Å². The van der Waals surface area contributed by atoms with Crippen molar-refractivity contribution in [3.8, 4) is 11.6 Å². The van der Waals surface area contributed by atoms with Gasteiger partial charge < -0.3 is 4.74 Å². The number of hydrogen-bond acceptors (Lipinski definition) is 4. The molecule has 0 N–H and O–H groups in total. The van der Waals surface area contributed by atoms with Gasteiger partial charge >= 0.3 is 5.56 Å². The summed E-state index contributed by atoms with van der Waals surface area (Å²) in [6, 6.07) is 16.3. The lowest BCUT2D eigenvalue weighted by molar-refractivity contribution is 0.112. The zero-order chi connectivity index (χ0) is 16.1. The van der Waals surface area contributed by atoms with E-state index in [0.717, 1.165) is 11.8 Å². The van der Waals surface area contributed by atoms with E-state index in [2.05, 4.69) is 4.98 Å². The van der Waals surface area contributed by atoms with E-state index in [4.69, 9.17) is 4.74 Å². The highest BCUT2D eigenvalue weighted by Gasteiger charge is 2.08. The molecule has 1 heterocycles. The third-order valence-electron chi connectivity index (χ3n) is 3.34. The molecule has 0 aliphatic carbocycles. The summed E-state index contributed by atoms with van der Waals surface area (Å²) in [6.07, 6.45) is 3.83. The standard InChI is InChI=1S/C18H14N2O3/c21-12-14-6-8-16(9-7-14)20-11-10-19-17(18(20)22)23-13-15-4-2-1-3-5-15/h1-12H,13H2. The van der Waals surface area contributed by atoms with Gasteiger partial charge in [0.1, 0.15) is 12.9 Å². The van der Waals surface area contributed by atoms with E-state index < -0.39 is 0 Å². The van der Waals surface area contributed by atoms with Crippen LogP contribution in [-0.4, -0.2) is 15.8 Å². The fourth-order valence-electron chi connectivity index (χ4n) is 2.14. The van der Waals surface area contributed by atoms with Crippen LogP contribution in [0.2, 0.25) is 0 Å². The number of aromatic nitrogens is 2. The van der Waals surface area contributed by atoms with Gasteiger partial charge in [-0.05, 0) is 29.8 Å². The van der Waals surface area contributed by atoms with Gasteiger partial charge in [-0.25, -0.2) is 4.98 Å². The topological polar surface area (TPSA) is 61.2 Å². The third kappa shape index (κ3) is 3.35. The lowest BCUT2D eigenvalue weighted by Crippen LogP contribution is -2.21. The van der Waals surface area contributed by atoms with Crippen LogP contribution in [0.4, 0.5) is 0 Å². The van der Waals surface area contributed by atoms with Crippen LogP contribution < -0.4 is 10.3 Å². The molecule has 0 spiro atoms. The second-order valence-corrected chi connectivity index (χ2v) is 4.89. The molecular weight excluding hydrogens is 292 g/mol. The van der Waals surface area contributed by atoms with Gasteiger partial charge in [0.2, 0.25) is 0 Å². The van der Waals surface area contributed by atoms with Gasteiger partial charge in [0, 0.05) is 23.6 Å². The molecule has 0 aliphatic heterocycles. The Morgan fingerprint density at radius 1 is 1.04 bits per heavy atom. The molecule has 3 aromatic rings. The monoisotopic (exact) mass is 306 g/mol. The van der Waals surface area contributed by atoms with E-state index >= 15 is 0 Å². The minimum atomic E-state index is -0.345. The fourth-order valence-corrected chi connectivity index (χ4v) is 2.14. The summed E-state index contributed by atoms with van der Waals surface area (Å²) < 4.78 is 6.96. The zero-order valence-electron chi connectivity index (χ0n) is 12.3. The van der Waals surface area contributed by atoms with Crippen molar-refractivity contribution >= 4 is 6.29 Å². The van der Waals surface area contributed by atoms with Gasteiger partial charge in [0.25, 0.3) is 5.88 Å². The summed E-state index contributed by atoms with van der Waals surface area (Å²) in [5, 5.41) is 0. The van der Waals surface area contributed by atoms with Crippen LogP contribution in [0.15, 0.2) is 71.8 Å². The van der Waals surface area contributed by atoms with E-state index in [9.17, 15) is 9.59 Å². The van der Waals surface area contributed by atoms with Crippen molar-refractivity contribution in [2.24, 2.45) is 0 Å². The highest BCUT2D eigenvalue weighted by atomic mass is 16.5. The molecule has 0 aliphatic rings. The van der Waals surface area contributed by atoms with Gasteiger partial charge in [0.05, 0.1) is 0 Å². The minimum Gasteiger partial charge on any atom is -0.469 e. The Hall–Kier alpha value is -3.21. The highest BCUT2D eigenvalue weighted by Crippen LogP contribution is 2.09. The van der Waals surface area contributed by atoms with Crippen molar-refractivity contribution in [1.29, 1.82) is 0 Å². The number of benzene rings is 2. The Labute approximate surface area is 132 Å². The smallest absolute Gasteiger partial charge is 0.317 e. The van der Waals surface area contributed by atoms with Gasteiger partial charge in [-0.1, -0.05) is 30.3 Å². The molecule has 2 aromatic carbocycles. The second kappa shape index (κ2) is 6.70. The molecule has 1 aromatic heterocycles. The Morgan fingerprint density at radius 2 is 1.78 bits per heavy atom. The Kier molecular flexibility index (Phi) is 4.29. The average molecular weight is 306 g/mol. The molecule has 0 saturated carbocycles. The fraction of sp³-hybridized carbons (Fsp3) is 0.0556. The lowest BCUT2D eigenvalue weighted by Gasteiger charge is -2.09. The molecule has 5 nitrogen and oxygen atoms in total. The first-order valence-corrected chi connectivity index (χ1v) is 7.08. The molecule has 0 unspecified atom stereocenters. The quantitative estimate of drug-likeness (QED) is 0.680. The van der Waals surface area contributed by atoms with Crippen molar-refractivity contribution in [1.82, 2.24) is 9.55 Å². The summed E-state index contributed by atoms with van der Waals surface area (Å²) in [5.41, 5.74) is 1.81. The lowest BCUT2D eigenvalue weighted by atomic mass is 10.2. The highest BCUT2D eigenvalue weighted by molar-refractivity contribution is 5.75. The maximum Gasteiger partial charge on any atom is 0.317 e. The van der Waals surface area contributed by atoms with E-state index in [1.54, 1.807) is 30.5 Å². The van der Waals surface area contributed by atoms with Crippen LogP contribution in [0, 0.1) is 0 Å². The Bertz CT molecular complexity index is 855. The van der Waals surface area contributed by atoms with Crippen molar-refractivity contribution in [3.63, 3.8) is 0 Å². The van der Waals surface area contributed by atoms with Gasteiger partial charge in [-0.15, -0.1) is 0 Å². The summed E-state index contributed by atoms with van der Waals surface area (Å²) in [5.74, 6) is 0.0378. The molecule has 0 bridgehead atoms. The van der Waals surface area contributed by atoms with Crippen LogP contribution in [-0.2, 0) is 6.61 Å². The molecule has 0 saturated heterocycles. The van der Waals surface area contributed by atoms with Gasteiger partial charge in [-0.3, -0.25) is 14.2 Å². The Morgan fingerprint density at radius 3 is 2.48 bits per heavy atom. The Balaban J connectivity index is 1.85. The largest absolute Gasteiger partial charge is 0.469 e. The predicted octanol–water partition coefficient (Wildman–Crippen LogP) is 2.62. The SMILES string of the molecule is O=Cc1ccc(-n2ccnc(OCc3ccccc3)c2=O)cc1. The molecule has 0 radical (unpaired) electrons. The number of carbonyl (C=O) groups is 1.